The molecule has 0 aromatic heterocycles. The van der Waals surface area contributed by atoms with Crippen molar-refractivity contribution in [3.63, 3.8) is 0 Å². The van der Waals surface area contributed by atoms with Crippen LogP contribution >= 0.6 is 27.5 Å². The number of hydrogen-bond acceptors (Lipinski definition) is 3. The second-order valence-corrected chi connectivity index (χ2v) is 7.11. The first kappa shape index (κ1) is 16.1. The maximum atomic E-state index is 12.4. The Morgan fingerprint density at radius 3 is 2.67 bits per heavy atom. The largest absolute Gasteiger partial charge is 0.494 e. The van der Waals surface area contributed by atoms with Gasteiger partial charge in [-0.15, -0.1) is 0 Å². The van der Waals surface area contributed by atoms with Crippen molar-refractivity contribution in [1.29, 1.82) is 0 Å². The number of sulfonamides is 1. The Bertz CT molecular complexity index is 750. The topological polar surface area (TPSA) is 55.4 Å². The van der Waals surface area contributed by atoms with Crippen LogP contribution in [0.4, 0.5) is 5.69 Å². The van der Waals surface area contributed by atoms with Crippen molar-refractivity contribution in [1.82, 2.24) is 0 Å². The van der Waals surface area contributed by atoms with Crippen molar-refractivity contribution in [2.75, 3.05) is 11.3 Å². The molecule has 0 aliphatic rings. The van der Waals surface area contributed by atoms with Crippen LogP contribution in [0.25, 0.3) is 0 Å². The van der Waals surface area contributed by atoms with Crippen LogP contribution in [0, 0.1) is 0 Å². The highest BCUT2D eigenvalue weighted by Gasteiger charge is 2.18. The van der Waals surface area contributed by atoms with Crippen molar-refractivity contribution >= 4 is 43.2 Å². The first-order chi connectivity index (χ1) is 9.92. The van der Waals surface area contributed by atoms with Crippen LogP contribution in [0.5, 0.6) is 5.75 Å². The summed E-state index contributed by atoms with van der Waals surface area (Å²) in [7, 11) is -3.75. The van der Waals surface area contributed by atoms with E-state index in [1.807, 2.05) is 6.92 Å². The van der Waals surface area contributed by atoms with Crippen LogP contribution in [0.3, 0.4) is 0 Å². The number of hydrogen-bond donors (Lipinski definition) is 1. The van der Waals surface area contributed by atoms with Gasteiger partial charge < -0.3 is 4.74 Å². The zero-order valence-corrected chi connectivity index (χ0v) is 14.3. The van der Waals surface area contributed by atoms with E-state index in [0.29, 0.717) is 22.5 Å². The maximum Gasteiger partial charge on any atom is 0.263 e. The van der Waals surface area contributed by atoms with E-state index in [0.717, 1.165) is 0 Å². The molecule has 0 saturated carbocycles. The smallest absolute Gasteiger partial charge is 0.263 e. The molecule has 0 spiro atoms. The van der Waals surface area contributed by atoms with E-state index in [1.165, 1.54) is 12.1 Å². The van der Waals surface area contributed by atoms with Gasteiger partial charge >= 0.3 is 0 Å². The molecule has 4 nitrogen and oxygen atoms in total. The van der Waals surface area contributed by atoms with Crippen LogP contribution in [-0.2, 0) is 10.0 Å². The Labute approximate surface area is 137 Å². The summed E-state index contributed by atoms with van der Waals surface area (Å²) in [5, 5.41) is 0.151. The van der Waals surface area contributed by atoms with Crippen molar-refractivity contribution in [2.24, 2.45) is 0 Å². The summed E-state index contributed by atoms with van der Waals surface area (Å²) >= 11 is 9.23. The number of benzene rings is 2. The van der Waals surface area contributed by atoms with Gasteiger partial charge in [0, 0.05) is 10.5 Å². The van der Waals surface area contributed by atoms with Gasteiger partial charge in [-0.25, -0.2) is 8.42 Å². The van der Waals surface area contributed by atoms with Gasteiger partial charge in [-0.3, -0.25) is 4.72 Å². The molecule has 0 radical (unpaired) electrons. The zero-order valence-electron chi connectivity index (χ0n) is 11.1. The average Bonchev–Trinajstić information content (AvgIpc) is 2.38. The van der Waals surface area contributed by atoms with E-state index in [-0.39, 0.29) is 9.92 Å². The van der Waals surface area contributed by atoms with E-state index in [4.69, 9.17) is 16.3 Å². The molecular formula is C14H13BrClNO3S. The lowest BCUT2D eigenvalue weighted by Crippen LogP contribution is -2.13. The first-order valence-corrected chi connectivity index (χ1v) is 8.78. The highest BCUT2D eigenvalue weighted by Crippen LogP contribution is 2.27. The monoisotopic (exact) mass is 389 g/mol. The molecule has 2 rings (SSSR count). The lowest BCUT2D eigenvalue weighted by Gasteiger charge is -2.11. The molecule has 21 heavy (non-hydrogen) atoms. The summed E-state index contributed by atoms with van der Waals surface area (Å²) in [5.41, 5.74) is 0.417. The molecule has 0 unspecified atom stereocenters. The molecule has 0 aliphatic heterocycles. The molecule has 0 atom stereocenters. The van der Waals surface area contributed by atoms with Gasteiger partial charge in [0.05, 0.1) is 17.3 Å². The summed E-state index contributed by atoms with van der Waals surface area (Å²) in [4.78, 5) is 0.0224. The molecule has 1 N–H and O–H groups in total. The van der Waals surface area contributed by atoms with Crippen molar-refractivity contribution in [3.8, 4) is 5.75 Å². The lowest BCUT2D eigenvalue weighted by molar-refractivity contribution is 0.340. The molecule has 0 fully saturated rings. The van der Waals surface area contributed by atoms with Crippen molar-refractivity contribution in [3.05, 3.63) is 52.0 Å². The number of nitrogens with one attached hydrogen (secondary N) is 1. The highest BCUT2D eigenvalue weighted by atomic mass is 79.9. The van der Waals surface area contributed by atoms with E-state index >= 15 is 0 Å². The normalized spacial score (nSPS) is 11.2. The Balaban J connectivity index is 2.31. The van der Waals surface area contributed by atoms with Crippen LogP contribution in [-0.4, -0.2) is 15.0 Å². The van der Waals surface area contributed by atoms with Gasteiger partial charge in [-0.1, -0.05) is 33.6 Å². The Kier molecular flexibility index (Phi) is 5.13. The third-order valence-corrected chi connectivity index (χ3v) is 4.94. The first-order valence-electron chi connectivity index (χ1n) is 6.13. The van der Waals surface area contributed by atoms with E-state index in [2.05, 4.69) is 20.7 Å². The minimum absolute atomic E-state index is 0.0224. The van der Waals surface area contributed by atoms with Gasteiger partial charge in [0.15, 0.2) is 0 Å². The van der Waals surface area contributed by atoms with Crippen LogP contribution in [0.1, 0.15) is 6.92 Å². The Hall–Kier alpha value is -1.24. The predicted octanol–water partition coefficient (Wildman–Crippen LogP) is 4.30. The molecule has 2 aromatic rings. The van der Waals surface area contributed by atoms with E-state index in [1.54, 1.807) is 30.3 Å². The molecular weight excluding hydrogens is 378 g/mol. The summed E-state index contributed by atoms with van der Waals surface area (Å²) in [5.74, 6) is 0.597. The predicted molar refractivity (Wildman–Crippen MR) is 87.6 cm³/mol. The minimum atomic E-state index is -3.75. The van der Waals surface area contributed by atoms with Gasteiger partial charge in [-0.2, -0.15) is 0 Å². The molecule has 0 saturated heterocycles. The molecule has 0 aliphatic carbocycles. The fraction of sp³-hybridized carbons (Fsp3) is 0.143. The maximum absolute atomic E-state index is 12.4. The third kappa shape index (κ3) is 4.12. The molecule has 7 heteroatoms. The van der Waals surface area contributed by atoms with Gasteiger partial charge in [-0.05, 0) is 37.3 Å². The SMILES string of the molecule is CCOc1cccc(NS(=O)(=O)c2ccc(Br)cc2Cl)c1. The second-order valence-electron chi connectivity index (χ2n) is 4.14. The quantitative estimate of drug-likeness (QED) is 0.828. The number of anilines is 1. The highest BCUT2D eigenvalue weighted by molar-refractivity contribution is 9.10. The number of rotatable bonds is 5. The van der Waals surface area contributed by atoms with Crippen LogP contribution in [0.2, 0.25) is 5.02 Å². The van der Waals surface area contributed by atoms with Crippen molar-refractivity contribution in [2.45, 2.75) is 11.8 Å². The van der Waals surface area contributed by atoms with Gasteiger partial charge in [0.2, 0.25) is 0 Å². The fourth-order valence-electron chi connectivity index (χ4n) is 1.72. The fourth-order valence-corrected chi connectivity index (χ4v) is 3.81. The lowest BCUT2D eigenvalue weighted by atomic mass is 10.3. The van der Waals surface area contributed by atoms with E-state index in [9.17, 15) is 8.42 Å². The summed E-state index contributed by atoms with van der Waals surface area (Å²) in [6, 6.07) is 11.3. The third-order valence-electron chi connectivity index (χ3n) is 2.58. The standard InChI is InChI=1S/C14H13BrClNO3S/c1-2-20-12-5-3-4-11(9-12)17-21(18,19)14-7-6-10(15)8-13(14)16/h3-9,17H,2H2,1H3. The van der Waals surface area contributed by atoms with Crippen LogP contribution < -0.4 is 9.46 Å². The van der Waals surface area contributed by atoms with Gasteiger partial charge in [0.1, 0.15) is 10.6 Å². The Morgan fingerprint density at radius 2 is 2.00 bits per heavy atom. The molecule has 0 amide bonds. The summed E-state index contributed by atoms with van der Waals surface area (Å²) in [6.45, 7) is 2.37. The number of halogens is 2. The summed E-state index contributed by atoms with van der Waals surface area (Å²) in [6.07, 6.45) is 0. The van der Waals surface area contributed by atoms with Gasteiger partial charge in [0.25, 0.3) is 10.0 Å². The minimum Gasteiger partial charge on any atom is -0.494 e. The van der Waals surface area contributed by atoms with E-state index < -0.39 is 10.0 Å². The molecule has 0 bridgehead atoms. The second kappa shape index (κ2) is 6.68. The Morgan fingerprint density at radius 1 is 1.24 bits per heavy atom. The summed E-state index contributed by atoms with van der Waals surface area (Å²) < 4.78 is 33.2. The number of ether oxygens (including phenoxy) is 1. The molecule has 2 aromatic carbocycles. The van der Waals surface area contributed by atoms with Crippen molar-refractivity contribution < 1.29 is 13.2 Å². The zero-order chi connectivity index (χ0) is 15.5. The average molecular weight is 391 g/mol. The molecule has 112 valence electrons. The van der Waals surface area contributed by atoms with Crippen LogP contribution in [0.15, 0.2) is 51.8 Å². The molecule has 0 heterocycles.